The Morgan fingerprint density at radius 3 is 2.39 bits per heavy atom. The highest BCUT2D eigenvalue weighted by molar-refractivity contribution is 6.10. The van der Waals surface area contributed by atoms with Crippen molar-refractivity contribution in [2.45, 2.75) is 19.9 Å². The Hall–Kier alpha value is -3.60. The molecule has 0 unspecified atom stereocenters. The number of nitrogens with zero attached hydrogens (tertiary/aromatic N) is 1. The van der Waals surface area contributed by atoms with Gasteiger partial charge in [0.1, 0.15) is 5.75 Å². The second-order valence-electron chi connectivity index (χ2n) is 6.87. The van der Waals surface area contributed by atoms with Crippen LogP contribution >= 0.6 is 0 Å². The molecule has 3 aromatic rings. The number of carbonyl (C=O) groups excluding carboxylic acids is 2. The van der Waals surface area contributed by atoms with Gasteiger partial charge in [0.15, 0.2) is 5.75 Å². The quantitative estimate of drug-likeness (QED) is 0.696. The van der Waals surface area contributed by atoms with Gasteiger partial charge in [-0.2, -0.15) is 0 Å². The smallest absolute Gasteiger partial charge is 0.262 e. The second kappa shape index (κ2) is 7.19. The Bertz CT molecular complexity index is 1040. The minimum Gasteiger partial charge on any atom is -0.454 e. The normalized spacial score (nSPS) is 12.7. The van der Waals surface area contributed by atoms with E-state index in [1.165, 1.54) is 0 Å². The SMILES string of the molecule is CC(C)N1C(=O)c2ccccc2Oc2cc(NC(=O)c3ccccc3)ccc21. The maximum absolute atomic E-state index is 13.1. The number of benzene rings is 3. The second-order valence-corrected chi connectivity index (χ2v) is 6.87. The first kappa shape index (κ1) is 17.8. The number of nitrogens with one attached hydrogen (secondary N) is 1. The van der Waals surface area contributed by atoms with Crippen LogP contribution < -0.4 is 15.0 Å². The summed E-state index contributed by atoms with van der Waals surface area (Å²) in [4.78, 5) is 27.2. The van der Waals surface area contributed by atoms with Crippen LogP contribution in [-0.4, -0.2) is 17.9 Å². The fourth-order valence-electron chi connectivity index (χ4n) is 3.27. The van der Waals surface area contributed by atoms with Crippen molar-refractivity contribution in [3.8, 4) is 11.5 Å². The van der Waals surface area contributed by atoms with Crippen LogP contribution in [0.2, 0.25) is 0 Å². The summed E-state index contributed by atoms with van der Waals surface area (Å²) < 4.78 is 6.07. The molecule has 1 aliphatic heterocycles. The summed E-state index contributed by atoms with van der Waals surface area (Å²) in [5.74, 6) is 0.720. The molecule has 0 aliphatic carbocycles. The molecule has 0 radical (unpaired) electrons. The van der Waals surface area contributed by atoms with E-state index >= 15 is 0 Å². The van der Waals surface area contributed by atoms with Crippen molar-refractivity contribution in [3.63, 3.8) is 0 Å². The van der Waals surface area contributed by atoms with Gasteiger partial charge in [0.05, 0.1) is 11.3 Å². The van der Waals surface area contributed by atoms with Gasteiger partial charge in [0, 0.05) is 23.4 Å². The molecule has 1 heterocycles. The van der Waals surface area contributed by atoms with Crippen molar-refractivity contribution in [2.24, 2.45) is 0 Å². The zero-order valence-corrected chi connectivity index (χ0v) is 15.7. The summed E-state index contributed by atoms with van der Waals surface area (Å²) in [7, 11) is 0. The summed E-state index contributed by atoms with van der Waals surface area (Å²) in [6.45, 7) is 3.92. The summed E-state index contributed by atoms with van der Waals surface area (Å²) in [6, 6.07) is 21.5. The lowest BCUT2D eigenvalue weighted by molar-refractivity contribution is 0.0979. The molecule has 5 heteroatoms. The van der Waals surface area contributed by atoms with Gasteiger partial charge in [0.25, 0.3) is 11.8 Å². The van der Waals surface area contributed by atoms with E-state index < -0.39 is 0 Å². The van der Waals surface area contributed by atoms with Crippen molar-refractivity contribution in [3.05, 3.63) is 83.9 Å². The van der Waals surface area contributed by atoms with E-state index in [4.69, 9.17) is 4.74 Å². The third kappa shape index (κ3) is 3.22. The van der Waals surface area contributed by atoms with Crippen molar-refractivity contribution in [2.75, 3.05) is 10.2 Å². The highest BCUT2D eigenvalue weighted by Gasteiger charge is 2.30. The van der Waals surface area contributed by atoms with Crippen LogP contribution in [0.3, 0.4) is 0 Å². The molecule has 1 N–H and O–H groups in total. The highest BCUT2D eigenvalue weighted by Crippen LogP contribution is 2.41. The third-order valence-electron chi connectivity index (χ3n) is 4.59. The number of rotatable bonds is 3. The number of ether oxygens (including phenoxy) is 1. The summed E-state index contributed by atoms with van der Waals surface area (Å²) >= 11 is 0. The summed E-state index contributed by atoms with van der Waals surface area (Å²) in [5, 5.41) is 2.89. The molecule has 0 aromatic heterocycles. The molecule has 0 spiro atoms. The van der Waals surface area contributed by atoms with Crippen LogP contribution in [0.25, 0.3) is 0 Å². The van der Waals surface area contributed by atoms with Crippen LogP contribution in [0.5, 0.6) is 11.5 Å². The Morgan fingerprint density at radius 1 is 0.929 bits per heavy atom. The topological polar surface area (TPSA) is 58.6 Å². The Labute approximate surface area is 163 Å². The molecule has 2 amide bonds. The van der Waals surface area contributed by atoms with Gasteiger partial charge >= 0.3 is 0 Å². The summed E-state index contributed by atoms with van der Waals surface area (Å²) in [6.07, 6.45) is 0. The van der Waals surface area contributed by atoms with Gasteiger partial charge in [-0.25, -0.2) is 0 Å². The molecular formula is C23H20N2O3. The highest BCUT2D eigenvalue weighted by atomic mass is 16.5. The number of fused-ring (bicyclic) bond motifs is 2. The standard InChI is InChI=1S/C23H20N2O3/c1-15(2)25-19-13-12-17(24-22(26)16-8-4-3-5-9-16)14-21(19)28-20-11-7-6-10-18(20)23(25)27/h3-15H,1-2H3,(H,24,26). The molecule has 4 rings (SSSR count). The molecule has 0 fully saturated rings. The number of hydrogen-bond acceptors (Lipinski definition) is 3. The van der Waals surface area contributed by atoms with Crippen LogP contribution in [0, 0.1) is 0 Å². The molecule has 0 atom stereocenters. The predicted octanol–water partition coefficient (Wildman–Crippen LogP) is 5.10. The van der Waals surface area contributed by atoms with Crippen LogP contribution in [-0.2, 0) is 0 Å². The number of para-hydroxylation sites is 1. The van der Waals surface area contributed by atoms with Gasteiger partial charge in [-0.3, -0.25) is 9.59 Å². The van der Waals surface area contributed by atoms with E-state index in [1.807, 2.05) is 44.2 Å². The van der Waals surface area contributed by atoms with Crippen molar-refractivity contribution < 1.29 is 14.3 Å². The Kier molecular flexibility index (Phi) is 4.57. The van der Waals surface area contributed by atoms with Gasteiger partial charge < -0.3 is 15.0 Å². The molecule has 0 saturated carbocycles. The monoisotopic (exact) mass is 372 g/mol. The first-order chi connectivity index (χ1) is 13.5. The van der Waals surface area contributed by atoms with E-state index in [2.05, 4.69) is 5.32 Å². The Morgan fingerprint density at radius 2 is 1.64 bits per heavy atom. The van der Waals surface area contributed by atoms with E-state index in [9.17, 15) is 9.59 Å². The lowest BCUT2D eigenvalue weighted by Crippen LogP contribution is -2.36. The van der Waals surface area contributed by atoms with Crippen LogP contribution in [0.15, 0.2) is 72.8 Å². The molecule has 1 aliphatic rings. The fourth-order valence-corrected chi connectivity index (χ4v) is 3.27. The minimum atomic E-state index is -0.202. The third-order valence-corrected chi connectivity index (χ3v) is 4.59. The van der Waals surface area contributed by atoms with E-state index in [-0.39, 0.29) is 17.9 Å². The predicted molar refractivity (Wildman–Crippen MR) is 109 cm³/mol. The van der Waals surface area contributed by atoms with Crippen LogP contribution in [0.1, 0.15) is 34.6 Å². The van der Waals surface area contributed by atoms with Gasteiger partial charge in [-0.15, -0.1) is 0 Å². The average Bonchev–Trinajstić information content (AvgIpc) is 2.82. The first-order valence-electron chi connectivity index (χ1n) is 9.15. The maximum atomic E-state index is 13.1. The van der Waals surface area contributed by atoms with Crippen molar-refractivity contribution >= 4 is 23.2 Å². The van der Waals surface area contributed by atoms with E-state index in [0.717, 1.165) is 0 Å². The van der Waals surface area contributed by atoms with Crippen LogP contribution in [0.4, 0.5) is 11.4 Å². The summed E-state index contributed by atoms with van der Waals surface area (Å²) in [5.41, 5.74) is 2.36. The number of carbonyl (C=O) groups is 2. The van der Waals surface area contributed by atoms with Crippen molar-refractivity contribution in [1.29, 1.82) is 0 Å². The molecule has 5 nitrogen and oxygen atoms in total. The lowest BCUT2D eigenvalue weighted by atomic mass is 10.1. The number of amides is 2. The molecule has 140 valence electrons. The zero-order valence-electron chi connectivity index (χ0n) is 15.7. The maximum Gasteiger partial charge on any atom is 0.262 e. The van der Waals surface area contributed by atoms with Gasteiger partial charge in [-0.1, -0.05) is 30.3 Å². The average molecular weight is 372 g/mol. The molecular weight excluding hydrogens is 352 g/mol. The molecule has 3 aromatic carbocycles. The van der Waals surface area contributed by atoms with E-state index in [1.54, 1.807) is 47.4 Å². The minimum absolute atomic E-state index is 0.0502. The molecule has 28 heavy (non-hydrogen) atoms. The molecule has 0 saturated heterocycles. The number of anilines is 2. The van der Waals surface area contributed by atoms with Gasteiger partial charge in [0.2, 0.25) is 0 Å². The fraction of sp³-hybridized carbons (Fsp3) is 0.130. The van der Waals surface area contributed by atoms with Crippen molar-refractivity contribution in [1.82, 2.24) is 0 Å². The lowest BCUT2D eigenvalue weighted by Gasteiger charge is -2.26. The van der Waals surface area contributed by atoms with E-state index in [0.29, 0.717) is 34.0 Å². The zero-order chi connectivity index (χ0) is 19.7. The Balaban J connectivity index is 1.73. The number of hydrogen-bond donors (Lipinski definition) is 1. The van der Waals surface area contributed by atoms with Gasteiger partial charge in [-0.05, 0) is 50.2 Å². The largest absolute Gasteiger partial charge is 0.454 e. The molecule has 0 bridgehead atoms. The first-order valence-corrected chi connectivity index (χ1v) is 9.15.